The first-order valence-electron chi connectivity index (χ1n) is 3.74. The molecule has 1 N–H and O–H groups in total. The number of halogens is 2. The lowest BCUT2D eigenvalue weighted by Gasteiger charge is -2.08. The van der Waals surface area contributed by atoms with Gasteiger partial charge in [0.15, 0.2) is 0 Å². The van der Waals surface area contributed by atoms with Crippen LogP contribution in [0.1, 0.15) is 18.1 Å². The van der Waals surface area contributed by atoms with E-state index in [9.17, 15) is 5.11 Å². The fraction of sp³-hybridized carbons (Fsp3) is 0.333. The topological polar surface area (TPSA) is 20.2 Å². The Labute approximate surface area is 85.5 Å². The van der Waals surface area contributed by atoms with E-state index in [0.29, 0.717) is 15.2 Å². The minimum atomic E-state index is 0.305. The monoisotopic (exact) mass is 248 g/mol. The lowest BCUT2D eigenvalue weighted by molar-refractivity contribution is 0.465. The van der Waals surface area contributed by atoms with E-state index in [1.54, 1.807) is 6.07 Å². The third-order valence-corrected chi connectivity index (χ3v) is 3.24. The Hall–Kier alpha value is -0.210. The average Bonchev–Trinajstić information content (AvgIpc) is 2.08. The quantitative estimate of drug-likeness (QED) is 0.805. The van der Waals surface area contributed by atoms with Crippen LogP contribution in [0.5, 0.6) is 5.75 Å². The maximum atomic E-state index is 9.60. The number of aromatic hydroxyl groups is 1. The molecule has 0 bridgehead atoms. The smallest absolute Gasteiger partial charge is 0.133 e. The van der Waals surface area contributed by atoms with Crippen LogP contribution in [-0.2, 0) is 6.42 Å². The van der Waals surface area contributed by atoms with E-state index in [1.807, 2.05) is 13.8 Å². The molecule has 0 aliphatic carbocycles. The molecule has 0 atom stereocenters. The van der Waals surface area contributed by atoms with Gasteiger partial charge in [-0.3, -0.25) is 0 Å². The van der Waals surface area contributed by atoms with Gasteiger partial charge < -0.3 is 5.11 Å². The number of phenols is 1. The van der Waals surface area contributed by atoms with Crippen molar-refractivity contribution in [3.8, 4) is 5.75 Å². The Morgan fingerprint density at radius 1 is 1.58 bits per heavy atom. The summed E-state index contributed by atoms with van der Waals surface area (Å²) in [5.74, 6) is 0.305. The van der Waals surface area contributed by atoms with E-state index in [0.717, 1.165) is 17.5 Å². The van der Waals surface area contributed by atoms with Crippen LogP contribution in [-0.4, -0.2) is 5.11 Å². The zero-order valence-electron chi connectivity index (χ0n) is 6.99. The van der Waals surface area contributed by atoms with Crippen LogP contribution in [0.25, 0.3) is 0 Å². The third-order valence-electron chi connectivity index (χ3n) is 1.88. The highest BCUT2D eigenvalue weighted by Crippen LogP contribution is 2.35. The standard InChI is InChI=1S/C9H10BrClO/c1-3-6-4-7(11)5(2)8(10)9(6)12/h4,12H,3H2,1-2H3. The average molecular weight is 250 g/mol. The number of hydrogen-bond acceptors (Lipinski definition) is 1. The summed E-state index contributed by atoms with van der Waals surface area (Å²) in [4.78, 5) is 0. The second-order valence-electron chi connectivity index (χ2n) is 2.66. The molecule has 1 rings (SSSR count). The summed E-state index contributed by atoms with van der Waals surface area (Å²) in [5, 5.41) is 10.3. The lowest BCUT2D eigenvalue weighted by Crippen LogP contribution is -1.87. The molecule has 0 unspecified atom stereocenters. The van der Waals surface area contributed by atoms with Crippen molar-refractivity contribution in [1.82, 2.24) is 0 Å². The van der Waals surface area contributed by atoms with Gasteiger partial charge in [-0.05, 0) is 46.5 Å². The zero-order valence-corrected chi connectivity index (χ0v) is 9.33. The fourth-order valence-corrected chi connectivity index (χ4v) is 1.83. The molecule has 12 heavy (non-hydrogen) atoms. The van der Waals surface area contributed by atoms with Crippen LogP contribution in [0.15, 0.2) is 10.5 Å². The highest BCUT2D eigenvalue weighted by atomic mass is 79.9. The highest BCUT2D eigenvalue weighted by Gasteiger charge is 2.09. The van der Waals surface area contributed by atoms with E-state index < -0.39 is 0 Å². The molecule has 1 aromatic rings. The van der Waals surface area contributed by atoms with Crippen LogP contribution in [0.4, 0.5) is 0 Å². The minimum Gasteiger partial charge on any atom is -0.506 e. The molecule has 0 saturated carbocycles. The van der Waals surface area contributed by atoms with Gasteiger partial charge >= 0.3 is 0 Å². The summed E-state index contributed by atoms with van der Waals surface area (Å²) in [6.45, 7) is 3.85. The molecule has 66 valence electrons. The van der Waals surface area contributed by atoms with E-state index in [1.165, 1.54) is 0 Å². The molecule has 0 aromatic heterocycles. The molecule has 1 aromatic carbocycles. The molecule has 0 amide bonds. The predicted molar refractivity (Wildman–Crippen MR) is 54.9 cm³/mol. The SMILES string of the molecule is CCc1cc(Cl)c(C)c(Br)c1O. The highest BCUT2D eigenvalue weighted by molar-refractivity contribution is 9.10. The largest absolute Gasteiger partial charge is 0.506 e. The molecule has 0 fully saturated rings. The Bertz CT molecular complexity index is 310. The first-order valence-corrected chi connectivity index (χ1v) is 4.91. The number of rotatable bonds is 1. The van der Waals surface area contributed by atoms with E-state index in [2.05, 4.69) is 15.9 Å². The van der Waals surface area contributed by atoms with Gasteiger partial charge in [-0.15, -0.1) is 0 Å². The Kier molecular flexibility index (Phi) is 3.02. The lowest BCUT2D eigenvalue weighted by atomic mass is 10.1. The molecule has 3 heteroatoms. The minimum absolute atomic E-state index is 0.305. The number of benzene rings is 1. The summed E-state index contributed by atoms with van der Waals surface area (Å²) in [6.07, 6.45) is 0.782. The zero-order chi connectivity index (χ0) is 9.30. The maximum Gasteiger partial charge on any atom is 0.133 e. The van der Waals surface area contributed by atoms with E-state index in [-0.39, 0.29) is 0 Å². The Morgan fingerprint density at radius 2 is 2.17 bits per heavy atom. The van der Waals surface area contributed by atoms with Crippen molar-refractivity contribution in [2.75, 3.05) is 0 Å². The third kappa shape index (κ3) is 1.59. The molecule has 0 aliphatic heterocycles. The normalized spacial score (nSPS) is 10.3. The molecular weight excluding hydrogens is 239 g/mol. The number of hydrogen-bond donors (Lipinski definition) is 1. The summed E-state index contributed by atoms with van der Waals surface area (Å²) in [6, 6.07) is 1.80. The second kappa shape index (κ2) is 3.67. The van der Waals surface area contributed by atoms with Crippen LogP contribution in [0.2, 0.25) is 5.02 Å². The van der Waals surface area contributed by atoms with Crippen LogP contribution in [0, 0.1) is 6.92 Å². The first kappa shape index (κ1) is 9.87. The second-order valence-corrected chi connectivity index (χ2v) is 3.86. The summed E-state index contributed by atoms with van der Waals surface area (Å²) >= 11 is 9.22. The Balaban J connectivity index is 3.39. The summed E-state index contributed by atoms with van der Waals surface area (Å²) in [5.41, 5.74) is 1.75. The van der Waals surface area contributed by atoms with Crippen molar-refractivity contribution in [1.29, 1.82) is 0 Å². The van der Waals surface area contributed by atoms with Gasteiger partial charge in [-0.2, -0.15) is 0 Å². The fourth-order valence-electron chi connectivity index (χ4n) is 1.02. The Morgan fingerprint density at radius 3 is 2.67 bits per heavy atom. The number of aryl methyl sites for hydroxylation is 1. The van der Waals surface area contributed by atoms with Crippen molar-refractivity contribution >= 4 is 27.5 Å². The molecule has 1 nitrogen and oxygen atoms in total. The first-order chi connectivity index (χ1) is 5.57. The van der Waals surface area contributed by atoms with Crippen molar-refractivity contribution in [2.45, 2.75) is 20.3 Å². The molecule has 0 radical (unpaired) electrons. The van der Waals surface area contributed by atoms with Gasteiger partial charge in [0, 0.05) is 5.02 Å². The van der Waals surface area contributed by atoms with Crippen LogP contribution >= 0.6 is 27.5 Å². The maximum absolute atomic E-state index is 9.60. The van der Waals surface area contributed by atoms with E-state index in [4.69, 9.17) is 11.6 Å². The van der Waals surface area contributed by atoms with Gasteiger partial charge in [0.25, 0.3) is 0 Å². The van der Waals surface area contributed by atoms with Crippen molar-refractivity contribution < 1.29 is 5.11 Å². The molecule has 0 heterocycles. The van der Waals surface area contributed by atoms with Gasteiger partial charge in [0.1, 0.15) is 5.75 Å². The van der Waals surface area contributed by atoms with Crippen molar-refractivity contribution in [3.05, 3.63) is 26.7 Å². The van der Waals surface area contributed by atoms with Gasteiger partial charge in [0.2, 0.25) is 0 Å². The molecular formula is C9H10BrClO. The number of phenolic OH excluding ortho intramolecular Hbond substituents is 1. The van der Waals surface area contributed by atoms with Gasteiger partial charge in [0.05, 0.1) is 4.47 Å². The van der Waals surface area contributed by atoms with E-state index >= 15 is 0 Å². The molecule has 0 aliphatic rings. The molecule has 0 saturated heterocycles. The van der Waals surface area contributed by atoms with Gasteiger partial charge in [-0.1, -0.05) is 18.5 Å². The summed E-state index contributed by atoms with van der Waals surface area (Å²) in [7, 11) is 0. The molecule has 0 spiro atoms. The summed E-state index contributed by atoms with van der Waals surface area (Å²) < 4.78 is 0.701. The van der Waals surface area contributed by atoms with Crippen LogP contribution in [0.3, 0.4) is 0 Å². The predicted octanol–water partition coefficient (Wildman–Crippen LogP) is 3.68. The van der Waals surface area contributed by atoms with Crippen molar-refractivity contribution in [2.24, 2.45) is 0 Å². The van der Waals surface area contributed by atoms with Crippen molar-refractivity contribution in [3.63, 3.8) is 0 Å². The van der Waals surface area contributed by atoms with Gasteiger partial charge in [-0.25, -0.2) is 0 Å². The van der Waals surface area contributed by atoms with Crippen LogP contribution < -0.4 is 0 Å².